The molecule has 0 radical (unpaired) electrons. The monoisotopic (exact) mass is 354 g/mol. The topological polar surface area (TPSA) is 0 Å². The van der Waals surface area contributed by atoms with Gasteiger partial charge in [-0.3, -0.25) is 0 Å². The maximum atomic E-state index is 3.92. The molecule has 0 amide bonds. The van der Waals surface area contributed by atoms with E-state index in [2.05, 4.69) is 61.7 Å². The van der Waals surface area contributed by atoms with Crippen molar-refractivity contribution in [2.75, 3.05) is 0 Å². The Morgan fingerprint density at radius 3 is 1.37 bits per heavy atom. The van der Waals surface area contributed by atoms with Crippen molar-refractivity contribution < 1.29 is 0 Å². The van der Waals surface area contributed by atoms with E-state index < -0.39 is 0 Å². The lowest BCUT2D eigenvalue weighted by molar-refractivity contribution is 1.06. The van der Waals surface area contributed by atoms with E-state index in [0.29, 0.717) is 0 Å². The first-order valence-corrected chi connectivity index (χ1v) is 10.3. The molecule has 0 heteroatoms. The number of hydrogen-bond acceptors (Lipinski definition) is 0. The molecule has 2 unspecified atom stereocenters. The highest BCUT2D eigenvalue weighted by molar-refractivity contribution is 6.00. The molecule has 0 aromatic heterocycles. The Hall–Kier alpha value is -2.60. The van der Waals surface area contributed by atoms with Crippen molar-refractivity contribution in [3.63, 3.8) is 0 Å². The fourth-order valence-corrected chi connectivity index (χ4v) is 3.89. The summed E-state index contributed by atoms with van der Waals surface area (Å²) in [7, 11) is 0. The Labute approximate surface area is 163 Å². The summed E-state index contributed by atoms with van der Waals surface area (Å²) < 4.78 is 0. The zero-order valence-corrected chi connectivity index (χ0v) is 17.0. The first-order chi connectivity index (χ1) is 13.2. The molecule has 3 aromatic rings. The second kappa shape index (κ2) is 7.96. The van der Waals surface area contributed by atoms with Crippen LogP contribution in [0.5, 0.6) is 0 Å². The van der Waals surface area contributed by atoms with Gasteiger partial charge in [-0.05, 0) is 97.8 Å². The van der Waals surface area contributed by atoms with Gasteiger partial charge in [0.15, 0.2) is 0 Å². The fraction of sp³-hybridized carbons (Fsp3) is 0.259. The third-order valence-corrected chi connectivity index (χ3v) is 5.32. The van der Waals surface area contributed by atoms with Crippen LogP contribution in [0, 0.1) is 11.8 Å². The maximum Gasteiger partial charge on any atom is -0.0155 e. The fourth-order valence-electron chi connectivity index (χ4n) is 3.89. The predicted octanol–water partition coefficient (Wildman–Crippen LogP) is 6.54. The minimum absolute atomic E-state index is 0.794. The van der Waals surface area contributed by atoms with Gasteiger partial charge in [0.05, 0.1) is 0 Å². The summed E-state index contributed by atoms with van der Waals surface area (Å²) in [5.41, 5.74) is 2.29. The first kappa shape index (κ1) is 19.2. The van der Waals surface area contributed by atoms with Crippen LogP contribution in [-0.2, 0) is 0 Å². The van der Waals surface area contributed by atoms with Gasteiger partial charge in [0.25, 0.3) is 0 Å². The third kappa shape index (κ3) is 3.49. The highest BCUT2D eigenvalue weighted by Crippen LogP contribution is 2.42. The van der Waals surface area contributed by atoms with Gasteiger partial charge < -0.3 is 0 Å². The van der Waals surface area contributed by atoms with Crippen LogP contribution in [0.2, 0.25) is 0 Å². The van der Waals surface area contributed by atoms with E-state index in [1.54, 1.807) is 0 Å². The Bertz CT molecular complexity index is 1040. The van der Waals surface area contributed by atoms with Gasteiger partial charge in [-0.1, -0.05) is 65.2 Å². The van der Waals surface area contributed by atoms with Crippen molar-refractivity contribution in [2.45, 2.75) is 34.1 Å². The molecule has 1 fully saturated rings. The molecule has 138 valence electrons. The summed E-state index contributed by atoms with van der Waals surface area (Å²) in [6, 6.07) is 13.7. The first-order valence-electron chi connectivity index (χ1n) is 10.3. The number of rotatable bonds is 2. The zero-order valence-electron chi connectivity index (χ0n) is 17.0. The standard InChI is InChI=1S/C23H18.2C2H6/c1-3-14-5-16-7-18-9-20-11-22-13-23(22)12-21(20)10-19(18)8-17(16)6-15(14)4-2;2*1-2/h3-12,22-23H,1-2,13H2;2*1-2H3. The summed E-state index contributed by atoms with van der Waals surface area (Å²) in [5.74, 6) is 1.59. The summed E-state index contributed by atoms with van der Waals surface area (Å²) in [6.07, 6.45) is 10.1. The smallest absolute Gasteiger partial charge is 0.0155 e. The lowest BCUT2D eigenvalue weighted by Crippen LogP contribution is -2.26. The normalized spacial score (nSPS) is 18.4. The van der Waals surface area contributed by atoms with Crippen molar-refractivity contribution >= 4 is 45.8 Å². The molecule has 0 aliphatic heterocycles. The predicted molar refractivity (Wildman–Crippen MR) is 124 cm³/mol. The Morgan fingerprint density at radius 2 is 1.00 bits per heavy atom. The van der Waals surface area contributed by atoms with Crippen molar-refractivity contribution in [3.8, 4) is 0 Å². The minimum atomic E-state index is 0.794. The summed E-state index contributed by atoms with van der Waals surface area (Å²) >= 11 is 0. The average Bonchev–Trinajstić information content (AvgIpc) is 3.48. The largest absolute Gasteiger partial charge is 0.0984 e. The highest BCUT2D eigenvalue weighted by Gasteiger charge is 2.34. The molecule has 2 aliphatic carbocycles. The van der Waals surface area contributed by atoms with Gasteiger partial charge in [-0.15, -0.1) is 0 Å². The molecule has 0 bridgehead atoms. The molecular formula is C27H30. The molecule has 27 heavy (non-hydrogen) atoms. The number of benzene rings is 3. The van der Waals surface area contributed by atoms with Gasteiger partial charge >= 0.3 is 0 Å². The van der Waals surface area contributed by atoms with E-state index >= 15 is 0 Å². The van der Waals surface area contributed by atoms with Gasteiger partial charge in [0.1, 0.15) is 0 Å². The average molecular weight is 355 g/mol. The Kier molecular flexibility index (Phi) is 5.65. The summed E-state index contributed by atoms with van der Waals surface area (Å²) in [6.45, 7) is 15.8. The van der Waals surface area contributed by atoms with Crippen LogP contribution in [0.15, 0.2) is 49.6 Å². The van der Waals surface area contributed by atoms with E-state index in [1.165, 1.54) is 38.4 Å². The quantitative estimate of drug-likeness (QED) is 0.458. The van der Waals surface area contributed by atoms with Gasteiger partial charge in [-0.25, -0.2) is 0 Å². The van der Waals surface area contributed by atoms with Crippen LogP contribution in [0.1, 0.15) is 45.2 Å². The van der Waals surface area contributed by atoms with E-state index in [1.807, 2.05) is 39.8 Å². The van der Waals surface area contributed by atoms with Crippen LogP contribution in [-0.4, -0.2) is 0 Å². The van der Waals surface area contributed by atoms with Crippen LogP contribution < -0.4 is 10.4 Å². The Balaban J connectivity index is 0.000000495. The van der Waals surface area contributed by atoms with Gasteiger partial charge in [-0.2, -0.15) is 0 Å². The molecule has 0 saturated heterocycles. The SMILES string of the molecule is C=Cc1cc2cc3cc4c(cc3cc2cc1C=C)=CC1CC1C=4.CC.CC. The molecule has 3 aromatic carbocycles. The Morgan fingerprint density at radius 1 is 0.630 bits per heavy atom. The maximum absolute atomic E-state index is 3.92. The minimum Gasteiger partial charge on any atom is -0.0984 e. The summed E-state index contributed by atoms with van der Waals surface area (Å²) in [5, 5.41) is 7.98. The molecule has 0 nitrogen and oxygen atoms in total. The second-order valence-electron chi connectivity index (χ2n) is 6.81. The molecule has 0 spiro atoms. The van der Waals surface area contributed by atoms with E-state index in [9.17, 15) is 0 Å². The number of hydrogen-bond donors (Lipinski definition) is 0. The number of fused-ring (bicyclic) bond motifs is 4. The van der Waals surface area contributed by atoms with Crippen molar-refractivity contribution in [1.29, 1.82) is 0 Å². The molecule has 0 heterocycles. The molecule has 0 N–H and O–H groups in total. The highest BCUT2D eigenvalue weighted by atomic mass is 14.4. The van der Waals surface area contributed by atoms with Crippen molar-refractivity contribution in [1.82, 2.24) is 0 Å². The molecule has 2 aliphatic rings. The van der Waals surface area contributed by atoms with Crippen LogP contribution in [0.25, 0.3) is 45.8 Å². The lowest BCUT2D eigenvalue weighted by atomic mass is 9.96. The van der Waals surface area contributed by atoms with E-state index in [0.717, 1.165) is 23.0 Å². The van der Waals surface area contributed by atoms with Crippen LogP contribution in [0.3, 0.4) is 0 Å². The molecular weight excluding hydrogens is 324 g/mol. The molecule has 5 rings (SSSR count). The molecule has 2 atom stereocenters. The second-order valence-corrected chi connectivity index (χ2v) is 6.81. The van der Waals surface area contributed by atoms with Gasteiger partial charge in [0, 0.05) is 0 Å². The lowest BCUT2D eigenvalue weighted by Gasteiger charge is -2.08. The third-order valence-electron chi connectivity index (χ3n) is 5.32. The van der Waals surface area contributed by atoms with Crippen molar-refractivity contribution in [3.05, 3.63) is 71.1 Å². The van der Waals surface area contributed by atoms with Crippen LogP contribution >= 0.6 is 0 Å². The van der Waals surface area contributed by atoms with E-state index in [4.69, 9.17) is 0 Å². The summed E-state index contributed by atoms with van der Waals surface area (Å²) in [4.78, 5) is 0. The van der Waals surface area contributed by atoms with Gasteiger partial charge in [0.2, 0.25) is 0 Å². The molecule has 1 saturated carbocycles. The zero-order chi connectivity index (χ0) is 19.6. The van der Waals surface area contributed by atoms with Crippen molar-refractivity contribution in [2.24, 2.45) is 11.8 Å². The van der Waals surface area contributed by atoms with Crippen LogP contribution in [0.4, 0.5) is 0 Å². The van der Waals surface area contributed by atoms with E-state index in [-0.39, 0.29) is 0 Å².